The third-order valence-electron chi connectivity index (χ3n) is 1.83. The van der Waals surface area contributed by atoms with E-state index in [1.54, 1.807) is 0 Å². The fraction of sp³-hybridized carbons (Fsp3) is 0.222. The number of nitrogens with two attached hydrogens (primary N) is 1. The summed E-state index contributed by atoms with van der Waals surface area (Å²) in [6.07, 6.45) is 0. The Morgan fingerprint density at radius 1 is 1.41 bits per heavy atom. The van der Waals surface area contributed by atoms with Crippen molar-refractivity contribution >= 4 is 21.7 Å². The first-order valence-electron chi connectivity index (χ1n) is 4.56. The minimum Gasteiger partial charge on any atom is -0.478 e. The van der Waals surface area contributed by atoms with Gasteiger partial charge in [-0.05, 0) is 18.2 Å². The van der Waals surface area contributed by atoms with E-state index in [1.165, 1.54) is 25.2 Å². The van der Waals surface area contributed by atoms with Gasteiger partial charge in [0.15, 0.2) is 0 Å². The Balaban J connectivity index is 3.38. The van der Waals surface area contributed by atoms with E-state index in [-0.39, 0.29) is 16.1 Å². The topological polar surface area (TPSA) is 113 Å². The fourth-order valence-corrected chi connectivity index (χ4v) is 2.54. The lowest BCUT2D eigenvalue weighted by Gasteiger charge is -2.14. The molecule has 0 aliphatic rings. The molecule has 0 bridgehead atoms. The molecule has 7 nitrogen and oxygen atoms in total. The summed E-state index contributed by atoms with van der Waals surface area (Å²) < 4.78 is 23.7. The summed E-state index contributed by atoms with van der Waals surface area (Å²) in [5, 5.41) is 10.1. The quantitative estimate of drug-likeness (QED) is 0.506. The summed E-state index contributed by atoms with van der Waals surface area (Å²) in [7, 11) is -0.990. The molecule has 0 radical (unpaired) electrons. The van der Waals surface area contributed by atoms with Crippen molar-refractivity contribution in [1.29, 1.82) is 0 Å². The monoisotopic (exact) mass is 259 g/mol. The largest absolute Gasteiger partial charge is 0.478 e. The second kappa shape index (κ2) is 4.70. The van der Waals surface area contributed by atoms with Gasteiger partial charge >= 0.3 is 5.97 Å². The van der Waals surface area contributed by atoms with E-state index in [0.29, 0.717) is 0 Å². The summed E-state index contributed by atoms with van der Waals surface area (Å²) in [6, 6.07) is 3.59. The van der Waals surface area contributed by atoms with E-state index >= 15 is 0 Å². The van der Waals surface area contributed by atoms with Gasteiger partial charge in [0, 0.05) is 19.8 Å². The maximum Gasteiger partial charge on any atom is 0.337 e. The van der Waals surface area contributed by atoms with E-state index in [9.17, 15) is 13.2 Å². The van der Waals surface area contributed by atoms with E-state index in [4.69, 9.17) is 10.8 Å². The number of benzene rings is 1. The minimum atomic E-state index is -3.94. The first-order chi connectivity index (χ1) is 7.74. The molecular formula is C9H13N3O4S. The van der Waals surface area contributed by atoms with E-state index in [2.05, 4.69) is 4.83 Å². The van der Waals surface area contributed by atoms with Crippen LogP contribution in [0.25, 0.3) is 0 Å². The summed E-state index contributed by atoms with van der Waals surface area (Å²) in [4.78, 5) is 12.7. The van der Waals surface area contributed by atoms with Gasteiger partial charge in [0.1, 0.15) is 0 Å². The second-order valence-corrected chi connectivity index (χ2v) is 5.18. The highest BCUT2D eigenvalue weighted by Crippen LogP contribution is 2.19. The van der Waals surface area contributed by atoms with Crippen LogP contribution in [-0.2, 0) is 10.0 Å². The lowest BCUT2D eigenvalue weighted by Crippen LogP contribution is -2.36. The van der Waals surface area contributed by atoms with Gasteiger partial charge in [-0.3, -0.25) is 0 Å². The highest BCUT2D eigenvalue weighted by molar-refractivity contribution is 7.89. The van der Waals surface area contributed by atoms with Crippen molar-refractivity contribution in [2.75, 3.05) is 19.8 Å². The second-order valence-electron chi connectivity index (χ2n) is 3.55. The van der Waals surface area contributed by atoms with E-state index < -0.39 is 16.0 Å². The molecule has 0 heterocycles. The smallest absolute Gasteiger partial charge is 0.337 e. The van der Waals surface area contributed by atoms with Gasteiger partial charge in [-0.1, -0.05) is 0 Å². The molecule has 1 rings (SSSR count). The van der Waals surface area contributed by atoms with Crippen LogP contribution in [0.2, 0.25) is 0 Å². The van der Waals surface area contributed by atoms with Crippen LogP contribution in [-0.4, -0.2) is 38.6 Å². The SMILES string of the molecule is CN(C)NS(=O)(=O)c1cc(N)ccc1C(=O)O. The van der Waals surface area contributed by atoms with Crippen LogP contribution in [0.5, 0.6) is 0 Å². The Morgan fingerprint density at radius 3 is 2.47 bits per heavy atom. The van der Waals surface area contributed by atoms with Crippen LogP contribution in [0, 0.1) is 0 Å². The average Bonchev–Trinajstić information content (AvgIpc) is 2.14. The van der Waals surface area contributed by atoms with Crippen molar-refractivity contribution in [2.45, 2.75) is 4.90 Å². The zero-order chi connectivity index (χ0) is 13.2. The predicted molar refractivity (Wildman–Crippen MR) is 61.8 cm³/mol. The number of nitrogen functional groups attached to an aromatic ring is 1. The Morgan fingerprint density at radius 2 is 2.00 bits per heavy atom. The molecule has 4 N–H and O–H groups in total. The molecule has 0 unspecified atom stereocenters. The number of hydrogen-bond donors (Lipinski definition) is 3. The summed E-state index contributed by atoms with van der Waals surface area (Å²) in [6.45, 7) is 0. The molecule has 0 saturated carbocycles. The van der Waals surface area contributed by atoms with Gasteiger partial charge in [0.25, 0.3) is 10.0 Å². The molecule has 8 heteroatoms. The highest BCUT2D eigenvalue weighted by atomic mass is 32.2. The standard InChI is InChI=1S/C9H13N3O4S/c1-12(2)11-17(15,16)8-5-6(10)3-4-7(8)9(13)14/h3-5,11H,10H2,1-2H3,(H,13,14). The maximum atomic E-state index is 11.8. The van der Waals surface area contributed by atoms with Crippen molar-refractivity contribution < 1.29 is 18.3 Å². The van der Waals surface area contributed by atoms with Crippen molar-refractivity contribution in [3.8, 4) is 0 Å². The molecule has 0 amide bonds. The molecule has 0 atom stereocenters. The number of sulfonamides is 1. The Hall–Kier alpha value is -1.64. The van der Waals surface area contributed by atoms with Crippen LogP contribution in [0.15, 0.2) is 23.1 Å². The number of nitrogens with zero attached hydrogens (tertiary/aromatic N) is 1. The number of anilines is 1. The number of hydrazine groups is 1. The Kier molecular flexibility index (Phi) is 3.71. The zero-order valence-corrected chi connectivity index (χ0v) is 10.2. The molecule has 94 valence electrons. The molecule has 0 spiro atoms. The molecule has 0 fully saturated rings. The normalized spacial score (nSPS) is 11.7. The van der Waals surface area contributed by atoms with Gasteiger partial charge in [-0.25, -0.2) is 18.2 Å². The third-order valence-corrected chi connectivity index (χ3v) is 3.35. The molecule has 0 aromatic heterocycles. The average molecular weight is 259 g/mol. The molecular weight excluding hydrogens is 246 g/mol. The molecule has 1 aromatic rings. The summed E-state index contributed by atoms with van der Waals surface area (Å²) in [5.74, 6) is -1.33. The highest BCUT2D eigenvalue weighted by Gasteiger charge is 2.22. The predicted octanol–water partition coefficient (Wildman–Crippen LogP) is -0.278. The molecule has 0 aliphatic carbocycles. The van der Waals surface area contributed by atoms with Gasteiger partial charge in [-0.15, -0.1) is 4.83 Å². The van der Waals surface area contributed by atoms with Crippen LogP contribution < -0.4 is 10.6 Å². The number of hydrogen-bond acceptors (Lipinski definition) is 5. The fourth-order valence-electron chi connectivity index (χ4n) is 1.23. The number of nitrogens with one attached hydrogen (secondary N) is 1. The van der Waals surface area contributed by atoms with Gasteiger partial charge in [-0.2, -0.15) is 0 Å². The lowest BCUT2D eigenvalue weighted by molar-refractivity contribution is 0.0692. The van der Waals surface area contributed by atoms with Crippen molar-refractivity contribution in [2.24, 2.45) is 0 Å². The van der Waals surface area contributed by atoms with Crippen LogP contribution in [0.3, 0.4) is 0 Å². The van der Waals surface area contributed by atoms with Crippen LogP contribution in [0.1, 0.15) is 10.4 Å². The number of aromatic carboxylic acids is 1. The van der Waals surface area contributed by atoms with Crippen molar-refractivity contribution in [3.05, 3.63) is 23.8 Å². The van der Waals surface area contributed by atoms with Crippen LogP contribution in [0.4, 0.5) is 5.69 Å². The number of carboxylic acid groups (broad SMARTS) is 1. The van der Waals surface area contributed by atoms with E-state index in [0.717, 1.165) is 12.1 Å². The Bertz CT molecular complexity index is 539. The molecule has 0 aliphatic heterocycles. The molecule has 17 heavy (non-hydrogen) atoms. The van der Waals surface area contributed by atoms with Gasteiger partial charge in [0.05, 0.1) is 10.5 Å². The maximum absolute atomic E-state index is 11.8. The summed E-state index contributed by atoms with van der Waals surface area (Å²) >= 11 is 0. The molecule has 0 saturated heterocycles. The summed E-state index contributed by atoms with van der Waals surface area (Å²) in [5.41, 5.74) is 5.31. The lowest BCUT2D eigenvalue weighted by atomic mass is 10.2. The zero-order valence-electron chi connectivity index (χ0n) is 9.34. The van der Waals surface area contributed by atoms with Crippen molar-refractivity contribution in [1.82, 2.24) is 9.84 Å². The van der Waals surface area contributed by atoms with E-state index in [1.807, 2.05) is 0 Å². The number of rotatable bonds is 4. The Labute approximate surface area is 98.9 Å². The third kappa shape index (κ3) is 3.16. The number of carbonyl (C=O) groups is 1. The number of carboxylic acids is 1. The minimum absolute atomic E-state index is 0.175. The first-order valence-corrected chi connectivity index (χ1v) is 6.05. The first kappa shape index (κ1) is 13.4. The van der Waals surface area contributed by atoms with Crippen molar-refractivity contribution in [3.63, 3.8) is 0 Å². The molecule has 1 aromatic carbocycles. The van der Waals surface area contributed by atoms with Gasteiger partial charge in [0.2, 0.25) is 0 Å². The van der Waals surface area contributed by atoms with Crippen LogP contribution >= 0.6 is 0 Å². The van der Waals surface area contributed by atoms with Gasteiger partial charge < -0.3 is 10.8 Å².